The number of alkyl halides is 3. The minimum absolute atomic E-state index is 0.0119. The second-order valence-corrected chi connectivity index (χ2v) is 10.6. The molecular weight excluding hydrogens is 455 g/mol. The number of hydrogen-bond donors (Lipinski definition) is 2. The maximum absolute atomic E-state index is 13.2. The maximum atomic E-state index is 13.2. The van der Waals surface area contributed by atoms with Gasteiger partial charge in [-0.1, -0.05) is 22.9 Å². The van der Waals surface area contributed by atoms with E-state index in [0.29, 0.717) is 18.3 Å². The molecule has 2 saturated heterocycles. The standard InChI is InChI=1S/C23H22F3N3O3S/c24-23(25,26)20-13-19(4-1-15(20)14-27)32-18-5-2-16(3-6-18)22-9-7-17(8-10-22)29-11-12-33(30,31)28-21(22)29/h1-6,13,17,30-31H,7-12H2. The molecule has 4 aliphatic rings. The summed E-state index contributed by atoms with van der Waals surface area (Å²) in [6, 6.07) is 12.3. The molecule has 0 aromatic heterocycles. The van der Waals surface area contributed by atoms with Gasteiger partial charge in [0.2, 0.25) is 0 Å². The first-order valence-corrected chi connectivity index (χ1v) is 12.3. The number of benzene rings is 2. The van der Waals surface area contributed by atoms with Crippen molar-refractivity contribution in [3.05, 3.63) is 59.2 Å². The molecule has 0 radical (unpaired) electrons. The van der Waals surface area contributed by atoms with Crippen molar-refractivity contribution in [1.29, 1.82) is 5.26 Å². The first-order chi connectivity index (χ1) is 15.6. The Balaban J connectivity index is 1.44. The number of amidine groups is 1. The molecule has 1 aliphatic carbocycles. The van der Waals surface area contributed by atoms with Crippen LogP contribution in [0.3, 0.4) is 0 Å². The van der Waals surface area contributed by atoms with Crippen LogP contribution in [0.1, 0.15) is 42.4 Å². The number of ether oxygens (including phenoxy) is 1. The molecule has 6 nitrogen and oxygen atoms in total. The Bertz CT molecular complexity index is 1150. The number of hydrogen-bond acceptors (Lipinski definition) is 6. The van der Waals surface area contributed by atoms with Gasteiger partial charge < -0.3 is 9.64 Å². The fourth-order valence-electron chi connectivity index (χ4n) is 5.23. The maximum Gasteiger partial charge on any atom is 0.417 e. The highest BCUT2D eigenvalue weighted by Crippen LogP contribution is 2.54. The molecule has 0 spiro atoms. The average molecular weight is 478 g/mol. The first kappa shape index (κ1) is 22.1. The smallest absolute Gasteiger partial charge is 0.417 e. The lowest BCUT2D eigenvalue weighted by atomic mass is 9.63. The van der Waals surface area contributed by atoms with Crippen molar-refractivity contribution in [3.8, 4) is 17.6 Å². The summed E-state index contributed by atoms with van der Waals surface area (Å²) in [7, 11) is -2.99. The first-order valence-electron chi connectivity index (χ1n) is 10.6. The van der Waals surface area contributed by atoms with Gasteiger partial charge in [-0.2, -0.15) is 18.4 Å². The molecule has 0 atom stereocenters. The summed E-state index contributed by atoms with van der Waals surface area (Å²) < 4.78 is 70.2. The Morgan fingerprint density at radius 2 is 1.76 bits per heavy atom. The predicted molar refractivity (Wildman–Crippen MR) is 118 cm³/mol. The van der Waals surface area contributed by atoms with Gasteiger partial charge in [-0.3, -0.25) is 9.11 Å². The van der Waals surface area contributed by atoms with E-state index in [1.807, 2.05) is 12.1 Å². The highest BCUT2D eigenvalue weighted by molar-refractivity contribution is 8.23. The molecule has 33 heavy (non-hydrogen) atoms. The minimum Gasteiger partial charge on any atom is -0.457 e. The summed E-state index contributed by atoms with van der Waals surface area (Å²) in [5.41, 5.74) is -0.924. The van der Waals surface area contributed by atoms with Crippen LogP contribution in [0.4, 0.5) is 13.2 Å². The van der Waals surface area contributed by atoms with Crippen molar-refractivity contribution >= 4 is 16.6 Å². The lowest BCUT2D eigenvalue weighted by Gasteiger charge is -2.57. The Morgan fingerprint density at radius 1 is 1.09 bits per heavy atom. The van der Waals surface area contributed by atoms with Crippen LogP contribution in [0.25, 0.3) is 0 Å². The molecule has 2 aromatic carbocycles. The van der Waals surface area contributed by atoms with E-state index in [0.717, 1.165) is 49.2 Å². The Morgan fingerprint density at radius 3 is 2.39 bits per heavy atom. The molecule has 6 rings (SSSR count). The monoisotopic (exact) mass is 477 g/mol. The van der Waals surface area contributed by atoms with E-state index in [2.05, 4.69) is 9.30 Å². The van der Waals surface area contributed by atoms with Crippen LogP contribution >= 0.6 is 10.8 Å². The summed E-state index contributed by atoms with van der Waals surface area (Å²) in [5.74, 6) is 1.35. The van der Waals surface area contributed by atoms with Gasteiger partial charge in [0.05, 0.1) is 28.4 Å². The van der Waals surface area contributed by atoms with E-state index in [1.54, 1.807) is 18.2 Å². The fraction of sp³-hybridized carbons (Fsp3) is 0.391. The second-order valence-electron chi connectivity index (χ2n) is 8.70. The lowest BCUT2D eigenvalue weighted by Crippen LogP contribution is -2.62. The van der Waals surface area contributed by atoms with Gasteiger partial charge in [0, 0.05) is 12.6 Å². The topological polar surface area (TPSA) is 89.1 Å². The molecule has 10 heteroatoms. The van der Waals surface area contributed by atoms with Gasteiger partial charge in [0.25, 0.3) is 0 Å². The van der Waals surface area contributed by atoms with E-state index >= 15 is 0 Å². The predicted octanol–water partition coefficient (Wildman–Crippen LogP) is 5.94. The normalized spacial score (nSPS) is 26.7. The third-order valence-corrected chi connectivity index (χ3v) is 8.04. The lowest BCUT2D eigenvalue weighted by molar-refractivity contribution is -0.137. The van der Waals surface area contributed by atoms with E-state index in [-0.39, 0.29) is 11.5 Å². The number of nitriles is 1. The zero-order valence-corrected chi connectivity index (χ0v) is 18.4. The number of fused-ring (bicyclic) bond motifs is 2. The molecule has 3 heterocycles. The third-order valence-electron chi connectivity index (χ3n) is 6.85. The molecule has 1 saturated carbocycles. The summed E-state index contributed by atoms with van der Waals surface area (Å²) >= 11 is 0. The van der Waals surface area contributed by atoms with Crippen molar-refractivity contribution in [3.63, 3.8) is 0 Å². The van der Waals surface area contributed by atoms with Crippen LogP contribution in [0.15, 0.2) is 46.9 Å². The van der Waals surface area contributed by atoms with Gasteiger partial charge in [0.15, 0.2) is 0 Å². The van der Waals surface area contributed by atoms with Gasteiger partial charge in [0.1, 0.15) is 17.3 Å². The number of nitrogens with zero attached hydrogens (tertiary/aromatic N) is 3. The molecule has 3 fully saturated rings. The van der Waals surface area contributed by atoms with Crippen LogP contribution in [-0.2, 0) is 11.6 Å². The van der Waals surface area contributed by atoms with Crippen LogP contribution in [0.2, 0.25) is 0 Å². The van der Waals surface area contributed by atoms with E-state index in [1.165, 1.54) is 6.07 Å². The van der Waals surface area contributed by atoms with Crippen LogP contribution in [-0.4, -0.2) is 38.2 Å². The van der Waals surface area contributed by atoms with E-state index < -0.39 is 33.5 Å². The van der Waals surface area contributed by atoms with Gasteiger partial charge in [-0.05, 0) is 61.6 Å². The van der Waals surface area contributed by atoms with Crippen molar-refractivity contribution in [1.82, 2.24) is 4.90 Å². The van der Waals surface area contributed by atoms with Gasteiger partial charge in [-0.15, -0.1) is 4.40 Å². The highest BCUT2D eigenvalue weighted by Gasteiger charge is 2.52. The number of halogens is 3. The summed E-state index contributed by atoms with van der Waals surface area (Å²) in [6.07, 6.45) is -0.944. The number of rotatable bonds is 3. The molecule has 2 aromatic rings. The van der Waals surface area contributed by atoms with Crippen LogP contribution in [0.5, 0.6) is 11.5 Å². The second kappa shape index (κ2) is 7.65. The Kier molecular flexibility index (Phi) is 5.12. The molecule has 2 N–H and O–H groups in total. The highest BCUT2D eigenvalue weighted by atomic mass is 32.3. The molecule has 0 unspecified atom stereocenters. The molecule has 174 valence electrons. The molecule has 0 amide bonds. The zero-order valence-electron chi connectivity index (χ0n) is 17.5. The summed E-state index contributed by atoms with van der Waals surface area (Å²) in [4.78, 5) is 2.21. The Labute approximate surface area is 190 Å². The summed E-state index contributed by atoms with van der Waals surface area (Å²) in [6.45, 7) is 0.578. The quantitative estimate of drug-likeness (QED) is 0.571. The Hall–Kier alpha value is -2.74. The third kappa shape index (κ3) is 3.84. The zero-order chi connectivity index (χ0) is 23.4. The van der Waals surface area contributed by atoms with Crippen molar-refractivity contribution in [2.24, 2.45) is 4.40 Å². The molecular formula is C23H22F3N3O3S. The van der Waals surface area contributed by atoms with Crippen LogP contribution < -0.4 is 4.74 Å². The number of piperidine rings is 2. The minimum atomic E-state index is -4.66. The average Bonchev–Trinajstić information content (AvgIpc) is 2.79. The molecule has 2 bridgehead atoms. The van der Waals surface area contributed by atoms with Crippen molar-refractivity contribution in [2.45, 2.75) is 43.3 Å². The van der Waals surface area contributed by atoms with Gasteiger partial charge >= 0.3 is 6.18 Å². The van der Waals surface area contributed by atoms with Crippen molar-refractivity contribution < 1.29 is 27.0 Å². The molecule has 3 aliphatic heterocycles. The van der Waals surface area contributed by atoms with Gasteiger partial charge in [-0.25, -0.2) is 0 Å². The van der Waals surface area contributed by atoms with E-state index in [4.69, 9.17) is 10.00 Å². The SMILES string of the molecule is N#Cc1ccc(Oc2ccc(C34CCC(CC3)N3CCS(O)(O)N=C34)cc2)cc1C(F)(F)F. The largest absolute Gasteiger partial charge is 0.457 e. The van der Waals surface area contributed by atoms with Crippen molar-refractivity contribution in [2.75, 3.05) is 12.3 Å². The van der Waals surface area contributed by atoms with E-state index in [9.17, 15) is 22.3 Å². The summed E-state index contributed by atoms with van der Waals surface area (Å²) in [5, 5.41) is 8.95. The fourth-order valence-corrected chi connectivity index (χ4v) is 6.32. The van der Waals surface area contributed by atoms with Crippen LogP contribution in [0, 0.1) is 11.3 Å².